The first-order chi connectivity index (χ1) is 4.92. The zero-order valence-corrected chi connectivity index (χ0v) is 8.28. The molecule has 0 aromatic rings. The molecule has 0 rings (SSSR count). The average Bonchev–Trinajstić information content (AvgIpc) is 1.78. The van der Waals surface area contributed by atoms with Crippen molar-refractivity contribution in [1.82, 2.24) is 0 Å². The van der Waals surface area contributed by atoms with Gasteiger partial charge >= 0.3 is 0 Å². The molecule has 0 aliphatic heterocycles. The van der Waals surface area contributed by atoms with Crippen molar-refractivity contribution in [2.45, 2.75) is 41.0 Å². The van der Waals surface area contributed by atoms with Gasteiger partial charge in [0.25, 0.3) is 0 Å². The van der Waals surface area contributed by atoms with Gasteiger partial charge in [-0.15, -0.1) is 0 Å². The molecule has 0 spiro atoms. The molecular weight excluding hydrogens is 132 g/mol. The van der Waals surface area contributed by atoms with E-state index < -0.39 is 0 Å². The number of hydrogen-bond donors (Lipinski definition) is 0. The summed E-state index contributed by atoms with van der Waals surface area (Å²) < 4.78 is 0. The highest BCUT2D eigenvalue weighted by Crippen LogP contribution is 2.17. The third-order valence-electron chi connectivity index (χ3n) is 1.14. The lowest BCUT2D eigenvalue weighted by Gasteiger charge is -2.13. The van der Waals surface area contributed by atoms with Crippen molar-refractivity contribution in [2.75, 3.05) is 0 Å². The molecule has 0 heterocycles. The highest BCUT2D eigenvalue weighted by atomic mass is 14.1. The van der Waals surface area contributed by atoms with Gasteiger partial charge < -0.3 is 0 Å². The molecule has 0 fully saturated rings. The molecule has 0 aliphatic rings. The summed E-state index contributed by atoms with van der Waals surface area (Å²) in [6.45, 7) is 10.7. The van der Waals surface area contributed by atoms with Crippen LogP contribution in [0, 0.1) is 5.41 Å². The van der Waals surface area contributed by atoms with Gasteiger partial charge in [0.1, 0.15) is 0 Å². The summed E-state index contributed by atoms with van der Waals surface area (Å²) in [4.78, 5) is 0. The van der Waals surface area contributed by atoms with Gasteiger partial charge in [0.05, 0.1) is 0 Å². The predicted octanol–water partition coefficient (Wildman–Crippen LogP) is 3.70. The van der Waals surface area contributed by atoms with E-state index in [0.29, 0.717) is 5.41 Å². The monoisotopic (exact) mass is 150 g/mol. The summed E-state index contributed by atoms with van der Waals surface area (Å²) in [7, 11) is 0. The van der Waals surface area contributed by atoms with Crippen LogP contribution in [0.5, 0.6) is 0 Å². The molecule has 0 aromatic carbocycles. The normalized spacial score (nSPS) is 9.91. The molecule has 0 bridgehead atoms. The van der Waals surface area contributed by atoms with Gasteiger partial charge in [0.15, 0.2) is 0 Å². The molecule has 0 saturated heterocycles. The molecule has 0 aliphatic carbocycles. The van der Waals surface area contributed by atoms with E-state index in [4.69, 9.17) is 0 Å². The maximum Gasteiger partial charge on any atom is -0.0219 e. The smallest absolute Gasteiger partial charge is 0.0219 e. The number of allylic oxidation sites excluding steroid dienone is 2. The summed E-state index contributed by atoms with van der Waals surface area (Å²) in [6.07, 6.45) is 3.11. The minimum atomic E-state index is 0.371. The Balaban J connectivity index is 4.09. The van der Waals surface area contributed by atoms with Crippen LogP contribution in [0.15, 0.2) is 23.1 Å². The molecule has 0 radical (unpaired) electrons. The largest absolute Gasteiger partial charge is 0.0747 e. The van der Waals surface area contributed by atoms with Gasteiger partial charge in [0.2, 0.25) is 0 Å². The number of hydrogen-bond acceptors (Lipinski definition) is 0. The highest BCUT2D eigenvalue weighted by molar-refractivity contribution is 4.95. The molecule has 62 valence electrons. The van der Waals surface area contributed by atoms with Crippen molar-refractivity contribution < 1.29 is 0 Å². The maximum absolute atomic E-state index is 3.03. The van der Waals surface area contributed by atoms with Gasteiger partial charge in [-0.2, -0.15) is 0 Å². The summed E-state index contributed by atoms with van der Waals surface area (Å²) in [5.41, 5.74) is 7.61. The molecule has 0 unspecified atom stereocenters. The summed E-state index contributed by atoms with van der Waals surface area (Å²) in [5.74, 6) is 0. The minimum Gasteiger partial charge on any atom is -0.0747 e. The van der Waals surface area contributed by atoms with E-state index in [1.807, 2.05) is 19.9 Å². The van der Waals surface area contributed by atoms with E-state index in [1.165, 1.54) is 5.57 Å². The Kier molecular flexibility index (Phi) is 3.97. The quantitative estimate of drug-likeness (QED) is 0.500. The molecule has 0 aromatic heterocycles. The van der Waals surface area contributed by atoms with Crippen LogP contribution >= 0.6 is 0 Å². The Bertz CT molecular complexity index is 197. The molecular formula is C11H18. The first kappa shape index (κ1) is 10.3. The molecule has 0 N–H and O–H groups in total. The van der Waals surface area contributed by atoms with Gasteiger partial charge in [-0.1, -0.05) is 32.2 Å². The first-order valence-electron chi connectivity index (χ1n) is 4.05. The van der Waals surface area contributed by atoms with Crippen molar-refractivity contribution in [3.8, 4) is 0 Å². The predicted molar refractivity (Wildman–Crippen MR) is 50.5 cm³/mol. The fraction of sp³-hybridized carbons (Fsp3) is 0.636. The topological polar surface area (TPSA) is 0 Å². The average molecular weight is 150 g/mol. The summed E-state index contributed by atoms with van der Waals surface area (Å²) in [6, 6.07) is 0. The van der Waals surface area contributed by atoms with Gasteiger partial charge in [-0.25, -0.2) is 0 Å². The Hall–Kier alpha value is -0.700. The molecule has 11 heavy (non-hydrogen) atoms. The van der Waals surface area contributed by atoms with E-state index >= 15 is 0 Å². The van der Waals surface area contributed by atoms with E-state index in [2.05, 4.69) is 32.2 Å². The second-order valence-electron chi connectivity index (χ2n) is 4.24. The fourth-order valence-corrected chi connectivity index (χ4v) is 0.553. The van der Waals surface area contributed by atoms with Gasteiger partial charge in [0, 0.05) is 0 Å². The lowest BCUT2D eigenvalue weighted by molar-refractivity contribution is 0.421. The van der Waals surface area contributed by atoms with Crippen molar-refractivity contribution in [3.05, 3.63) is 23.1 Å². The molecule has 0 amide bonds. The van der Waals surface area contributed by atoms with Gasteiger partial charge in [-0.05, 0) is 37.3 Å². The Morgan fingerprint density at radius 1 is 1.27 bits per heavy atom. The minimum absolute atomic E-state index is 0.371. The fourth-order valence-electron chi connectivity index (χ4n) is 0.553. The van der Waals surface area contributed by atoms with Crippen LogP contribution in [0.4, 0.5) is 0 Å². The molecule has 0 saturated carbocycles. The van der Waals surface area contributed by atoms with Crippen molar-refractivity contribution in [3.63, 3.8) is 0 Å². The van der Waals surface area contributed by atoms with Crippen LogP contribution in [-0.4, -0.2) is 0 Å². The standard InChI is InChI=1S/C11H18/c1-10(2)8-6-7-9-11(3,4)5/h7H,9H2,1-5H3. The van der Waals surface area contributed by atoms with Crippen molar-refractivity contribution >= 4 is 0 Å². The third-order valence-corrected chi connectivity index (χ3v) is 1.14. The first-order valence-corrected chi connectivity index (χ1v) is 4.05. The Morgan fingerprint density at radius 3 is 2.18 bits per heavy atom. The Labute approximate surface area is 70.3 Å². The number of rotatable bonds is 1. The van der Waals surface area contributed by atoms with Gasteiger partial charge in [-0.3, -0.25) is 0 Å². The summed E-state index contributed by atoms with van der Waals surface area (Å²) >= 11 is 0. The van der Waals surface area contributed by atoms with Crippen LogP contribution in [0.1, 0.15) is 41.0 Å². The zero-order chi connectivity index (χ0) is 8.91. The van der Waals surface area contributed by atoms with Crippen LogP contribution in [0.3, 0.4) is 0 Å². The third kappa shape index (κ3) is 9.30. The Morgan fingerprint density at radius 2 is 1.82 bits per heavy atom. The van der Waals surface area contributed by atoms with E-state index in [1.54, 1.807) is 0 Å². The van der Waals surface area contributed by atoms with Crippen LogP contribution < -0.4 is 0 Å². The molecule has 0 nitrogen and oxygen atoms in total. The highest BCUT2D eigenvalue weighted by Gasteiger charge is 2.05. The molecule has 0 atom stereocenters. The zero-order valence-electron chi connectivity index (χ0n) is 8.28. The van der Waals surface area contributed by atoms with Crippen molar-refractivity contribution in [2.24, 2.45) is 5.41 Å². The van der Waals surface area contributed by atoms with E-state index in [0.717, 1.165) is 6.42 Å². The van der Waals surface area contributed by atoms with E-state index in [-0.39, 0.29) is 0 Å². The summed E-state index contributed by atoms with van der Waals surface area (Å²) in [5, 5.41) is 0. The molecule has 0 heteroatoms. The van der Waals surface area contributed by atoms with Crippen molar-refractivity contribution in [1.29, 1.82) is 0 Å². The lowest BCUT2D eigenvalue weighted by atomic mass is 9.92. The maximum atomic E-state index is 3.03. The van der Waals surface area contributed by atoms with Crippen LogP contribution in [0.25, 0.3) is 0 Å². The van der Waals surface area contributed by atoms with E-state index in [9.17, 15) is 0 Å². The van der Waals surface area contributed by atoms with Crippen LogP contribution in [-0.2, 0) is 0 Å². The lowest BCUT2D eigenvalue weighted by Crippen LogP contribution is -2.01. The SMILES string of the molecule is CC(C)=C=C=CCC(C)(C)C. The van der Waals surface area contributed by atoms with Crippen LogP contribution in [0.2, 0.25) is 0 Å². The second-order valence-corrected chi connectivity index (χ2v) is 4.24. The second kappa shape index (κ2) is 4.23.